The smallest absolute Gasteiger partial charge is 0.287 e. The van der Waals surface area contributed by atoms with Crippen LogP contribution in [-0.4, -0.2) is 53.1 Å². The van der Waals surface area contributed by atoms with Gasteiger partial charge in [0.2, 0.25) is 5.91 Å². The third-order valence-corrected chi connectivity index (χ3v) is 6.91. The number of anilines is 1. The molecule has 0 unspecified atom stereocenters. The third kappa shape index (κ3) is 5.03. The van der Waals surface area contributed by atoms with Crippen LogP contribution in [0.25, 0.3) is 5.69 Å². The zero-order chi connectivity index (χ0) is 25.8. The first-order chi connectivity index (χ1) is 18.1. The van der Waals surface area contributed by atoms with E-state index in [4.69, 9.17) is 13.9 Å². The average molecular weight is 520 g/mol. The number of aromatic nitrogens is 3. The molecule has 1 aliphatic rings. The van der Waals surface area contributed by atoms with Crippen LogP contribution < -0.4 is 19.7 Å². The maximum atomic E-state index is 13.1. The number of furan rings is 1. The third-order valence-electron chi connectivity index (χ3n) is 5.99. The van der Waals surface area contributed by atoms with Crippen LogP contribution in [0, 0.1) is 0 Å². The predicted octanol–water partition coefficient (Wildman–Crippen LogP) is 3.49. The lowest BCUT2D eigenvalue weighted by Crippen LogP contribution is -2.30. The van der Waals surface area contributed by atoms with E-state index in [-0.39, 0.29) is 29.9 Å². The molecule has 2 aromatic carbocycles. The molecule has 3 heterocycles. The van der Waals surface area contributed by atoms with Gasteiger partial charge < -0.3 is 24.1 Å². The van der Waals surface area contributed by atoms with Crippen LogP contribution in [0.5, 0.6) is 11.5 Å². The number of benzene rings is 2. The lowest BCUT2D eigenvalue weighted by Gasteiger charge is -2.18. The molecule has 2 aromatic heterocycles. The summed E-state index contributed by atoms with van der Waals surface area (Å²) in [4.78, 5) is 27.4. The highest BCUT2D eigenvalue weighted by Crippen LogP contribution is 2.33. The minimum absolute atomic E-state index is 0.0187. The number of thioether (sulfide) groups is 1. The van der Waals surface area contributed by atoms with E-state index in [0.717, 1.165) is 12.1 Å². The van der Waals surface area contributed by atoms with E-state index in [1.165, 1.54) is 23.6 Å². The second-order valence-corrected chi connectivity index (χ2v) is 9.09. The lowest BCUT2D eigenvalue weighted by atomic mass is 10.2. The van der Waals surface area contributed by atoms with Crippen LogP contribution in [0.3, 0.4) is 0 Å². The van der Waals surface area contributed by atoms with Crippen molar-refractivity contribution < 1.29 is 23.5 Å². The monoisotopic (exact) mass is 519 g/mol. The highest BCUT2D eigenvalue weighted by atomic mass is 32.2. The van der Waals surface area contributed by atoms with Crippen LogP contribution in [0.15, 0.2) is 70.4 Å². The Hall–Kier alpha value is -4.25. The Bertz CT molecular complexity index is 1420. The van der Waals surface area contributed by atoms with Gasteiger partial charge in [0.25, 0.3) is 5.91 Å². The highest BCUT2D eigenvalue weighted by Gasteiger charge is 2.26. The summed E-state index contributed by atoms with van der Waals surface area (Å²) in [5.41, 5.74) is 2.74. The maximum Gasteiger partial charge on any atom is 0.287 e. The van der Waals surface area contributed by atoms with Gasteiger partial charge in [0.15, 0.2) is 16.7 Å². The molecule has 190 valence electrons. The molecule has 11 heteroatoms. The van der Waals surface area contributed by atoms with Gasteiger partial charge >= 0.3 is 0 Å². The molecule has 0 atom stereocenters. The molecule has 2 amide bonds. The van der Waals surface area contributed by atoms with Crippen molar-refractivity contribution in [2.24, 2.45) is 0 Å². The number of nitrogens with zero attached hydrogens (tertiary/aromatic N) is 4. The van der Waals surface area contributed by atoms with Gasteiger partial charge in [-0.25, -0.2) is 0 Å². The van der Waals surface area contributed by atoms with Gasteiger partial charge in [-0.2, -0.15) is 0 Å². The summed E-state index contributed by atoms with van der Waals surface area (Å²) < 4.78 is 17.9. The van der Waals surface area contributed by atoms with Gasteiger partial charge in [-0.3, -0.25) is 14.2 Å². The SMILES string of the molecule is COc1ccc(OC)c(-n2c(CNC(=O)c3ccco3)nnc2SCC(=O)N2CCc3ccccc32)c1. The number of fused-ring (bicyclic) bond motifs is 1. The van der Waals surface area contributed by atoms with Crippen LogP contribution in [0.2, 0.25) is 0 Å². The minimum Gasteiger partial charge on any atom is -0.497 e. The molecular weight excluding hydrogens is 494 g/mol. The second-order valence-electron chi connectivity index (χ2n) is 8.14. The van der Waals surface area contributed by atoms with E-state index in [0.29, 0.717) is 34.7 Å². The van der Waals surface area contributed by atoms with E-state index in [1.807, 2.05) is 24.3 Å². The average Bonchev–Trinajstić information content (AvgIpc) is 3.70. The lowest BCUT2D eigenvalue weighted by molar-refractivity contribution is -0.116. The zero-order valence-electron chi connectivity index (χ0n) is 20.3. The molecule has 37 heavy (non-hydrogen) atoms. The standard InChI is InChI=1S/C26H25N5O5S/c1-34-18-9-10-21(35-2)20(14-18)31-23(15-27-25(33)22-8-5-13-36-22)28-29-26(31)37-16-24(32)30-12-11-17-6-3-4-7-19(17)30/h3-10,13-14H,11-12,15-16H2,1-2H3,(H,27,33). The van der Waals surface area contributed by atoms with Crippen LogP contribution in [0.1, 0.15) is 21.9 Å². The molecule has 4 aromatic rings. The largest absolute Gasteiger partial charge is 0.497 e. The topological polar surface area (TPSA) is 112 Å². The van der Waals surface area contributed by atoms with Gasteiger partial charge in [-0.1, -0.05) is 30.0 Å². The van der Waals surface area contributed by atoms with E-state index in [2.05, 4.69) is 15.5 Å². The first kappa shape index (κ1) is 24.4. The van der Waals surface area contributed by atoms with E-state index < -0.39 is 0 Å². The normalized spacial score (nSPS) is 12.3. The summed E-state index contributed by atoms with van der Waals surface area (Å²) >= 11 is 1.27. The molecule has 0 saturated carbocycles. The van der Waals surface area contributed by atoms with E-state index >= 15 is 0 Å². The van der Waals surface area contributed by atoms with Crippen molar-refractivity contribution in [2.75, 3.05) is 31.4 Å². The van der Waals surface area contributed by atoms with E-state index in [1.54, 1.807) is 54.0 Å². The second kappa shape index (κ2) is 10.8. The molecule has 0 bridgehead atoms. The van der Waals surface area contributed by atoms with Crippen molar-refractivity contribution in [1.29, 1.82) is 0 Å². The number of carbonyl (C=O) groups is 2. The number of hydrogen-bond acceptors (Lipinski definition) is 8. The number of rotatable bonds is 9. The molecule has 0 saturated heterocycles. The summed E-state index contributed by atoms with van der Waals surface area (Å²) in [5, 5.41) is 11.9. The molecule has 5 rings (SSSR count). The van der Waals surface area contributed by atoms with E-state index in [9.17, 15) is 9.59 Å². The number of methoxy groups -OCH3 is 2. The van der Waals surface area contributed by atoms with Crippen molar-refractivity contribution in [1.82, 2.24) is 20.1 Å². The molecule has 1 N–H and O–H groups in total. The summed E-state index contributed by atoms with van der Waals surface area (Å²) in [5.74, 6) is 1.57. The summed E-state index contributed by atoms with van der Waals surface area (Å²) in [6.07, 6.45) is 2.27. The van der Waals surface area contributed by atoms with Gasteiger partial charge in [0.05, 0.1) is 38.5 Å². The van der Waals surface area contributed by atoms with Gasteiger partial charge in [0, 0.05) is 18.3 Å². The van der Waals surface area contributed by atoms with Crippen molar-refractivity contribution >= 4 is 29.3 Å². The van der Waals surface area contributed by atoms with Crippen molar-refractivity contribution in [3.8, 4) is 17.2 Å². The Morgan fingerprint density at radius 1 is 1.05 bits per heavy atom. The predicted molar refractivity (Wildman–Crippen MR) is 138 cm³/mol. The minimum atomic E-state index is -0.380. The number of amides is 2. The fraction of sp³-hybridized carbons (Fsp3) is 0.231. The molecule has 0 aliphatic carbocycles. The maximum absolute atomic E-state index is 13.1. The Morgan fingerprint density at radius 2 is 1.92 bits per heavy atom. The Balaban J connectivity index is 1.42. The van der Waals surface area contributed by atoms with Crippen LogP contribution in [0.4, 0.5) is 5.69 Å². The fourth-order valence-corrected chi connectivity index (χ4v) is 5.02. The number of nitrogens with one attached hydrogen (secondary N) is 1. The Kier molecular flexibility index (Phi) is 7.13. The molecule has 0 spiro atoms. The summed E-state index contributed by atoms with van der Waals surface area (Å²) in [7, 11) is 3.14. The van der Waals surface area contributed by atoms with Gasteiger partial charge in [-0.05, 0) is 42.3 Å². The summed E-state index contributed by atoms with van der Waals surface area (Å²) in [6.45, 7) is 0.722. The fourth-order valence-electron chi connectivity index (χ4n) is 4.18. The summed E-state index contributed by atoms with van der Waals surface area (Å²) in [6, 6.07) is 16.5. The van der Waals surface area contributed by atoms with Gasteiger partial charge in [-0.15, -0.1) is 10.2 Å². The molecule has 10 nitrogen and oxygen atoms in total. The first-order valence-corrected chi connectivity index (χ1v) is 12.6. The highest BCUT2D eigenvalue weighted by molar-refractivity contribution is 7.99. The molecule has 1 aliphatic heterocycles. The first-order valence-electron chi connectivity index (χ1n) is 11.6. The number of hydrogen-bond donors (Lipinski definition) is 1. The molecule has 0 fully saturated rings. The van der Waals surface area contributed by atoms with Crippen molar-refractivity contribution in [2.45, 2.75) is 18.1 Å². The molecule has 0 radical (unpaired) electrons. The quantitative estimate of drug-likeness (QED) is 0.335. The zero-order valence-corrected chi connectivity index (χ0v) is 21.2. The number of carbonyl (C=O) groups excluding carboxylic acids is 2. The van der Waals surface area contributed by atoms with Gasteiger partial charge in [0.1, 0.15) is 11.5 Å². The molecular formula is C26H25N5O5S. The number of ether oxygens (including phenoxy) is 2. The Morgan fingerprint density at radius 3 is 2.70 bits per heavy atom. The number of para-hydroxylation sites is 1. The van der Waals surface area contributed by atoms with Crippen molar-refractivity contribution in [3.63, 3.8) is 0 Å². The van der Waals surface area contributed by atoms with Crippen LogP contribution >= 0.6 is 11.8 Å². The van der Waals surface area contributed by atoms with Crippen molar-refractivity contribution in [3.05, 3.63) is 78.0 Å². The Labute approximate surface area is 217 Å². The van der Waals surface area contributed by atoms with Crippen LogP contribution in [-0.2, 0) is 17.8 Å².